The van der Waals surface area contributed by atoms with Crippen LogP contribution in [0.1, 0.15) is 42.3 Å². The van der Waals surface area contributed by atoms with Gasteiger partial charge in [0.25, 0.3) is 0 Å². The number of nitrogens with zero attached hydrogens (tertiary/aromatic N) is 3. The van der Waals surface area contributed by atoms with Gasteiger partial charge in [-0.3, -0.25) is 4.90 Å². The number of rotatable bonds is 3. The van der Waals surface area contributed by atoms with E-state index in [-0.39, 0.29) is 24.8 Å². The van der Waals surface area contributed by atoms with E-state index in [1.54, 1.807) is 0 Å². The summed E-state index contributed by atoms with van der Waals surface area (Å²) in [7, 11) is 0. The normalized spacial score (nSPS) is 23.0. The summed E-state index contributed by atoms with van der Waals surface area (Å²) in [5.41, 5.74) is 0. The zero-order valence-corrected chi connectivity index (χ0v) is 15.8. The van der Waals surface area contributed by atoms with E-state index in [1.807, 2.05) is 0 Å². The maximum atomic E-state index is 10.9. The van der Waals surface area contributed by atoms with E-state index in [4.69, 9.17) is 5.11 Å². The first kappa shape index (κ1) is 20.5. The van der Waals surface area contributed by atoms with Gasteiger partial charge in [0.2, 0.25) is 0 Å². The average molecular weight is 382 g/mol. The van der Waals surface area contributed by atoms with Crippen LogP contribution in [0.15, 0.2) is 6.20 Å². The van der Waals surface area contributed by atoms with Gasteiger partial charge in [-0.15, -0.1) is 24.8 Å². The SMILES string of the molecule is C[C@@H]1CCCN(C2CCN(c3ncc(C(=O)O)s3)CC2)C1.Cl.Cl. The van der Waals surface area contributed by atoms with Gasteiger partial charge >= 0.3 is 5.97 Å². The average Bonchev–Trinajstić information content (AvgIpc) is 2.97. The topological polar surface area (TPSA) is 56.7 Å². The predicted molar refractivity (Wildman–Crippen MR) is 98.8 cm³/mol. The smallest absolute Gasteiger partial charge is 0.347 e. The van der Waals surface area contributed by atoms with Crippen molar-refractivity contribution >= 4 is 47.3 Å². The Morgan fingerprint density at radius 1 is 1.26 bits per heavy atom. The number of aromatic carboxylic acids is 1. The zero-order valence-electron chi connectivity index (χ0n) is 13.3. The van der Waals surface area contributed by atoms with Crippen molar-refractivity contribution in [2.75, 3.05) is 31.1 Å². The second kappa shape index (κ2) is 9.06. The number of aromatic nitrogens is 1. The Morgan fingerprint density at radius 3 is 2.52 bits per heavy atom. The lowest BCUT2D eigenvalue weighted by atomic mass is 9.95. The molecule has 0 amide bonds. The van der Waals surface area contributed by atoms with Gasteiger partial charge in [0, 0.05) is 25.7 Å². The van der Waals surface area contributed by atoms with Crippen molar-refractivity contribution in [2.24, 2.45) is 5.92 Å². The van der Waals surface area contributed by atoms with E-state index in [0.717, 1.165) is 37.0 Å². The molecule has 1 N–H and O–H groups in total. The molecule has 5 nitrogen and oxygen atoms in total. The first-order valence-electron chi connectivity index (χ1n) is 7.81. The van der Waals surface area contributed by atoms with Gasteiger partial charge in [-0.2, -0.15) is 0 Å². The Balaban J connectivity index is 0.00000132. The maximum absolute atomic E-state index is 10.9. The van der Waals surface area contributed by atoms with Crippen LogP contribution >= 0.6 is 36.2 Å². The third-order valence-electron chi connectivity index (χ3n) is 4.64. The first-order valence-corrected chi connectivity index (χ1v) is 8.63. The number of piperidine rings is 2. The molecule has 23 heavy (non-hydrogen) atoms. The third-order valence-corrected chi connectivity index (χ3v) is 5.69. The maximum Gasteiger partial charge on any atom is 0.347 e. The minimum Gasteiger partial charge on any atom is -0.477 e. The summed E-state index contributed by atoms with van der Waals surface area (Å²) in [6, 6.07) is 0.697. The van der Waals surface area contributed by atoms with Crippen molar-refractivity contribution in [1.29, 1.82) is 0 Å². The second-order valence-corrected chi connectivity index (χ2v) is 7.28. The number of halogens is 2. The summed E-state index contributed by atoms with van der Waals surface area (Å²) in [6.07, 6.45) is 6.49. The summed E-state index contributed by atoms with van der Waals surface area (Å²) in [5.74, 6) is -0.0511. The van der Waals surface area contributed by atoms with E-state index in [2.05, 4.69) is 21.7 Å². The van der Waals surface area contributed by atoms with Crippen LogP contribution in [0.25, 0.3) is 0 Å². The molecule has 0 spiro atoms. The number of hydrogen-bond acceptors (Lipinski definition) is 5. The molecular formula is C15H25Cl2N3O2S. The molecule has 2 saturated heterocycles. The Morgan fingerprint density at radius 2 is 1.96 bits per heavy atom. The molecule has 0 saturated carbocycles. The van der Waals surface area contributed by atoms with Crippen LogP contribution in [0, 0.1) is 5.92 Å². The van der Waals surface area contributed by atoms with Crippen LogP contribution in [-0.4, -0.2) is 53.2 Å². The third kappa shape index (κ3) is 4.95. The minimum absolute atomic E-state index is 0. The lowest BCUT2D eigenvalue weighted by Gasteiger charge is -2.41. The highest BCUT2D eigenvalue weighted by Gasteiger charge is 2.28. The van der Waals surface area contributed by atoms with Crippen LogP contribution in [0.4, 0.5) is 5.13 Å². The molecular weight excluding hydrogens is 357 g/mol. The lowest BCUT2D eigenvalue weighted by molar-refractivity contribution is 0.0702. The first-order chi connectivity index (χ1) is 10.1. The molecule has 0 radical (unpaired) electrons. The molecule has 2 aliphatic rings. The van der Waals surface area contributed by atoms with E-state index in [0.29, 0.717) is 10.9 Å². The van der Waals surface area contributed by atoms with Gasteiger partial charge in [0.15, 0.2) is 5.13 Å². The van der Waals surface area contributed by atoms with Crippen molar-refractivity contribution in [3.05, 3.63) is 11.1 Å². The molecule has 1 atom stereocenters. The Hall–Kier alpha value is -0.560. The highest BCUT2D eigenvalue weighted by atomic mass is 35.5. The van der Waals surface area contributed by atoms with Crippen LogP contribution in [0.5, 0.6) is 0 Å². The minimum atomic E-state index is -0.879. The molecule has 0 unspecified atom stereocenters. The van der Waals surface area contributed by atoms with Gasteiger partial charge in [-0.25, -0.2) is 9.78 Å². The Labute approximate surface area is 153 Å². The van der Waals surface area contributed by atoms with Gasteiger partial charge in [0.05, 0.1) is 6.20 Å². The van der Waals surface area contributed by atoms with Crippen molar-refractivity contribution in [3.8, 4) is 0 Å². The molecule has 0 aromatic carbocycles. The second-order valence-electron chi connectivity index (χ2n) is 6.27. The number of anilines is 1. The Bertz CT molecular complexity index is 507. The predicted octanol–water partition coefficient (Wildman–Crippen LogP) is 3.39. The monoisotopic (exact) mass is 381 g/mol. The van der Waals surface area contributed by atoms with E-state index < -0.39 is 5.97 Å². The van der Waals surface area contributed by atoms with Gasteiger partial charge in [-0.1, -0.05) is 18.3 Å². The summed E-state index contributed by atoms with van der Waals surface area (Å²) < 4.78 is 0. The number of likely N-dealkylation sites (tertiary alicyclic amines) is 1. The van der Waals surface area contributed by atoms with Crippen LogP contribution < -0.4 is 4.90 Å². The molecule has 2 aliphatic heterocycles. The molecule has 2 fully saturated rings. The summed E-state index contributed by atoms with van der Waals surface area (Å²) in [5, 5.41) is 9.84. The fraction of sp³-hybridized carbons (Fsp3) is 0.733. The molecule has 132 valence electrons. The van der Waals surface area contributed by atoms with Crippen molar-refractivity contribution in [2.45, 2.75) is 38.6 Å². The number of hydrogen-bond donors (Lipinski definition) is 1. The fourth-order valence-corrected chi connectivity index (χ4v) is 4.30. The van der Waals surface area contributed by atoms with Crippen LogP contribution in [-0.2, 0) is 0 Å². The molecule has 3 rings (SSSR count). The van der Waals surface area contributed by atoms with Crippen molar-refractivity contribution in [1.82, 2.24) is 9.88 Å². The molecule has 0 aliphatic carbocycles. The fourth-order valence-electron chi connectivity index (χ4n) is 3.49. The molecule has 8 heteroatoms. The quantitative estimate of drug-likeness (QED) is 0.869. The highest BCUT2D eigenvalue weighted by Crippen LogP contribution is 2.28. The number of carboxylic acid groups (broad SMARTS) is 1. The summed E-state index contributed by atoms with van der Waals surface area (Å²) in [6.45, 7) is 6.81. The zero-order chi connectivity index (χ0) is 14.8. The van der Waals surface area contributed by atoms with E-state index in [1.165, 1.54) is 43.5 Å². The molecule has 0 bridgehead atoms. The summed E-state index contributed by atoms with van der Waals surface area (Å²) >= 11 is 1.29. The van der Waals surface area contributed by atoms with Crippen molar-refractivity contribution < 1.29 is 9.90 Å². The number of carboxylic acids is 1. The van der Waals surface area contributed by atoms with Gasteiger partial charge in [-0.05, 0) is 38.1 Å². The Kier molecular flexibility index (Phi) is 8.07. The summed E-state index contributed by atoms with van der Waals surface area (Å²) in [4.78, 5) is 20.4. The van der Waals surface area contributed by atoms with Crippen LogP contribution in [0.3, 0.4) is 0 Å². The highest BCUT2D eigenvalue weighted by molar-refractivity contribution is 7.17. The number of carbonyl (C=O) groups is 1. The van der Waals surface area contributed by atoms with E-state index >= 15 is 0 Å². The van der Waals surface area contributed by atoms with Gasteiger partial charge in [0.1, 0.15) is 4.88 Å². The standard InChI is InChI=1S/C15H23N3O2S.2ClH/c1-11-3-2-6-18(10-11)12-4-7-17(8-5-12)15-16-9-13(21-15)14(19)20;;/h9,11-12H,2-8,10H2,1H3,(H,19,20);2*1H/t11-;;/m1../s1. The number of thiazole rings is 1. The van der Waals surface area contributed by atoms with Crippen molar-refractivity contribution in [3.63, 3.8) is 0 Å². The van der Waals surface area contributed by atoms with Gasteiger partial charge < -0.3 is 10.0 Å². The lowest BCUT2D eigenvalue weighted by Crippen LogP contribution is -2.48. The molecule has 1 aromatic rings. The van der Waals surface area contributed by atoms with E-state index in [9.17, 15) is 4.79 Å². The molecule has 1 aromatic heterocycles. The largest absolute Gasteiger partial charge is 0.477 e. The molecule has 3 heterocycles. The van der Waals surface area contributed by atoms with Crippen LogP contribution in [0.2, 0.25) is 0 Å².